The second-order valence-corrected chi connectivity index (χ2v) is 7.51. The number of nitrogens with zero attached hydrogens (tertiary/aromatic N) is 2. The number of likely N-dealkylation sites (N-methyl/N-ethyl adjacent to an activating group) is 1. The zero-order chi connectivity index (χ0) is 17.5. The molecule has 0 unspecified atom stereocenters. The van der Waals surface area contributed by atoms with Crippen molar-refractivity contribution in [2.24, 2.45) is 0 Å². The molecule has 126 valence electrons. The Morgan fingerprint density at radius 2 is 2.17 bits per heavy atom. The van der Waals surface area contributed by atoms with Crippen molar-refractivity contribution in [3.05, 3.63) is 29.1 Å². The molecule has 1 aromatic heterocycles. The summed E-state index contributed by atoms with van der Waals surface area (Å²) in [7, 11) is 1.82. The van der Waals surface area contributed by atoms with E-state index >= 15 is 0 Å². The lowest BCUT2D eigenvalue weighted by Crippen LogP contribution is -2.33. The molecule has 0 bridgehead atoms. The number of thiocarbonyl (C=S) groups is 1. The van der Waals surface area contributed by atoms with Gasteiger partial charge in [-0.1, -0.05) is 6.07 Å². The Balaban J connectivity index is 1.90. The van der Waals surface area contributed by atoms with Crippen molar-refractivity contribution in [3.8, 4) is 11.3 Å². The Morgan fingerprint density at radius 3 is 2.88 bits per heavy atom. The lowest BCUT2D eigenvalue weighted by molar-refractivity contribution is -0.121. The van der Waals surface area contributed by atoms with Gasteiger partial charge in [0.1, 0.15) is 0 Å². The quantitative estimate of drug-likeness (QED) is 0.822. The summed E-state index contributed by atoms with van der Waals surface area (Å²) in [6.45, 7) is 6.69. The fourth-order valence-corrected chi connectivity index (χ4v) is 3.93. The number of aromatic nitrogens is 1. The first-order chi connectivity index (χ1) is 11.3. The molecule has 0 radical (unpaired) electrons. The van der Waals surface area contributed by atoms with E-state index in [9.17, 15) is 4.79 Å². The highest BCUT2D eigenvalue weighted by Crippen LogP contribution is 2.42. The van der Waals surface area contributed by atoms with Crippen molar-refractivity contribution >= 4 is 45.4 Å². The number of nitrogens with one attached hydrogen (secondary N) is 2. The number of rotatable bonds is 3. The van der Waals surface area contributed by atoms with Gasteiger partial charge in [0.15, 0.2) is 10.2 Å². The Bertz CT molecular complexity index is 813. The number of benzene rings is 1. The number of anilines is 2. The number of carbonyl (C=O) groups excluding carboxylic acids is 1. The van der Waals surface area contributed by atoms with Crippen LogP contribution in [0.3, 0.4) is 0 Å². The maximum atomic E-state index is 12.4. The molecule has 0 atom stereocenters. The minimum Gasteiger partial charge on any atom is -0.363 e. The Morgan fingerprint density at radius 1 is 1.42 bits per heavy atom. The highest BCUT2D eigenvalue weighted by Gasteiger charge is 2.42. The van der Waals surface area contributed by atoms with Crippen LogP contribution in [0.15, 0.2) is 23.6 Å². The van der Waals surface area contributed by atoms with Crippen LogP contribution in [-0.4, -0.2) is 29.6 Å². The van der Waals surface area contributed by atoms with Gasteiger partial charge in [-0.15, -0.1) is 11.3 Å². The standard InChI is InChI=1S/C17H20N4OS2/c1-5-18-15(23)20-16-19-12(9-24-16)10-6-7-13-11(8-10)17(2,3)14(22)21(13)4/h6-9H,5H2,1-4H3,(H2,18,19,20,23). The molecule has 0 saturated heterocycles. The number of fused-ring (bicyclic) bond motifs is 1. The van der Waals surface area contributed by atoms with Gasteiger partial charge in [0.05, 0.1) is 11.1 Å². The van der Waals surface area contributed by atoms with Crippen LogP contribution < -0.4 is 15.5 Å². The van der Waals surface area contributed by atoms with Crippen molar-refractivity contribution in [3.63, 3.8) is 0 Å². The number of thiazole rings is 1. The molecule has 5 nitrogen and oxygen atoms in total. The van der Waals surface area contributed by atoms with Gasteiger partial charge in [-0.25, -0.2) is 4.98 Å². The second kappa shape index (κ2) is 6.14. The molecule has 0 aliphatic carbocycles. The normalized spacial score (nSPS) is 15.3. The summed E-state index contributed by atoms with van der Waals surface area (Å²) in [5.41, 5.74) is 3.38. The fraction of sp³-hybridized carbons (Fsp3) is 0.353. The summed E-state index contributed by atoms with van der Waals surface area (Å²) in [5, 5.41) is 9.44. The van der Waals surface area contributed by atoms with Crippen LogP contribution in [0.5, 0.6) is 0 Å². The van der Waals surface area contributed by atoms with Crippen LogP contribution >= 0.6 is 23.6 Å². The molecular formula is C17H20N4OS2. The van der Waals surface area contributed by atoms with Gasteiger partial charge in [0.25, 0.3) is 0 Å². The Labute approximate surface area is 151 Å². The molecule has 24 heavy (non-hydrogen) atoms. The first kappa shape index (κ1) is 16.9. The van der Waals surface area contributed by atoms with Crippen LogP contribution in [0.4, 0.5) is 10.8 Å². The van der Waals surface area contributed by atoms with Crippen molar-refractivity contribution < 1.29 is 4.79 Å². The molecule has 0 fully saturated rings. The van der Waals surface area contributed by atoms with E-state index < -0.39 is 5.41 Å². The summed E-state index contributed by atoms with van der Waals surface area (Å²) in [6, 6.07) is 6.07. The summed E-state index contributed by atoms with van der Waals surface area (Å²) in [5.74, 6) is 0.117. The van der Waals surface area contributed by atoms with Gasteiger partial charge in [-0.2, -0.15) is 0 Å². The molecule has 2 N–H and O–H groups in total. The molecule has 1 amide bonds. The van der Waals surface area contributed by atoms with E-state index in [-0.39, 0.29) is 5.91 Å². The van der Waals surface area contributed by atoms with E-state index in [1.54, 1.807) is 4.90 Å². The van der Waals surface area contributed by atoms with Crippen molar-refractivity contribution in [1.29, 1.82) is 0 Å². The maximum Gasteiger partial charge on any atom is 0.236 e. The molecule has 0 saturated carbocycles. The Kier molecular flexibility index (Phi) is 4.31. The first-order valence-corrected chi connectivity index (χ1v) is 9.06. The molecule has 1 aliphatic heterocycles. The van der Waals surface area contributed by atoms with E-state index in [1.807, 2.05) is 45.3 Å². The van der Waals surface area contributed by atoms with E-state index in [4.69, 9.17) is 12.2 Å². The number of hydrogen-bond donors (Lipinski definition) is 2. The van der Waals surface area contributed by atoms with Gasteiger partial charge >= 0.3 is 0 Å². The van der Waals surface area contributed by atoms with E-state index in [0.29, 0.717) is 5.11 Å². The average molecular weight is 361 g/mol. The average Bonchev–Trinajstić information content (AvgIpc) is 3.06. The zero-order valence-corrected chi connectivity index (χ0v) is 15.8. The lowest BCUT2D eigenvalue weighted by atomic mass is 9.85. The van der Waals surface area contributed by atoms with Crippen LogP contribution in [0.2, 0.25) is 0 Å². The second-order valence-electron chi connectivity index (χ2n) is 6.24. The molecule has 2 aromatic rings. The molecule has 0 spiro atoms. The van der Waals surface area contributed by atoms with Crippen molar-refractivity contribution in [2.45, 2.75) is 26.2 Å². The highest BCUT2D eigenvalue weighted by molar-refractivity contribution is 7.80. The minimum absolute atomic E-state index is 0.117. The lowest BCUT2D eigenvalue weighted by Gasteiger charge is -2.16. The van der Waals surface area contributed by atoms with Crippen LogP contribution in [-0.2, 0) is 10.2 Å². The number of carbonyl (C=O) groups is 1. The fourth-order valence-electron chi connectivity index (χ4n) is 2.90. The third-order valence-electron chi connectivity index (χ3n) is 4.23. The van der Waals surface area contributed by atoms with Gasteiger partial charge in [0.2, 0.25) is 5.91 Å². The number of hydrogen-bond acceptors (Lipinski definition) is 4. The maximum absolute atomic E-state index is 12.4. The summed E-state index contributed by atoms with van der Waals surface area (Å²) in [4.78, 5) is 18.7. The zero-order valence-electron chi connectivity index (χ0n) is 14.1. The molecule has 1 aromatic carbocycles. The van der Waals surface area contributed by atoms with Gasteiger partial charge in [-0.3, -0.25) is 4.79 Å². The van der Waals surface area contributed by atoms with Crippen LogP contribution in [0.1, 0.15) is 26.3 Å². The molecule has 3 rings (SSSR count). The molecule has 7 heteroatoms. The smallest absolute Gasteiger partial charge is 0.236 e. The van der Waals surface area contributed by atoms with Crippen molar-refractivity contribution in [2.75, 3.05) is 23.8 Å². The van der Waals surface area contributed by atoms with Gasteiger partial charge in [0, 0.05) is 30.2 Å². The van der Waals surface area contributed by atoms with Crippen LogP contribution in [0, 0.1) is 0 Å². The van der Waals surface area contributed by atoms with E-state index in [2.05, 4.69) is 21.7 Å². The van der Waals surface area contributed by atoms with Gasteiger partial charge in [-0.05, 0) is 50.7 Å². The van der Waals surface area contributed by atoms with Crippen LogP contribution in [0.25, 0.3) is 11.3 Å². The van der Waals surface area contributed by atoms with Crippen molar-refractivity contribution in [1.82, 2.24) is 10.3 Å². The minimum atomic E-state index is -0.510. The summed E-state index contributed by atoms with van der Waals surface area (Å²) >= 11 is 6.69. The highest BCUT2D eigenvalue weighted by atomic mass is 32.1. The largest absolute Gasteiger partial charge is 0.363 e. The summed E-state index contributed by atoms with van der Waals surface area (Å²) in [6.07, 6.45) is 0. The van der Waals surface area contributed by atoms with E-state index in [0.717, 1.165) is 34.2 Å². The Hall–Kier alpha value is -1.99. The summed E-state index contributed by atoms with van der Waals surface area (Å²) < 4.78 is 0. The molecular weight excluding hydrogens is 340 g/mol. The third kappa shape index (κ3) is 2.78. The predicted octanol–water partition coefficient (Wildman–Crippen LogP) is 3.37. The van der Waals surface area contributed by atoms with Gasteiger partial charge < -0.3 is 15.5 Å². The third-order valence-corrected chi connectivity index (χ3v) is 5.23. The topological polar surface area (TPSA) is 57.3 Å². The SMILES string of the molecule is CCNC(=S)Nc1nc(-c2ccc3c(c2)C(C)(C)C(=O)N3C)cs1. The monoisotopic (exact) mass is 360 g/mol. The first-order valence-electron chi connectivity index (χ1n) is 7.78. The molecule has 2 heterocycles. The predicted molar refractivity (Wildman–Crippen MR) is 104 cm³/mol. The molecule has 1 aliphatic rings. The number of amides is 1. The van der Waals surface area contributed by atoms with E-state index in [1.165, 1.54) is 11.3 Å².